The van der Waals surface area contributed by atoms with Crippen molar-refractivity contribution < 1.29 is 17.9 Å². The molecule has 152 valence electrons. The second-order valence-electron chi connectivity index (χ2n) is 6.94. The molecule has 0 bridgehead atoms. The number of hydrogen-bond acceptors (Lipinski definition) is 5. The molecule has 2 atom stereocenters. The lowest BCUT2D eigenvalue weighted by molar-refractivity contribution is -0.117. The maximum absolute atomic E-state index is 12.6. The first-order valence-electron chi connectivity index (χ1n) is 9.01. The number of methoxy groups -OCH3 is 1. The van der Waals surface area contributed by atoms with Crippen LogP contribution in [0.4, 0.5) is 5.69 Å². The second kappa shape index (κ2) is 8.01. The van der Waals surface area contributed by atoms with E-state index in [4.69, 9.17) is 16.3 Å². The van der Waals surface area contributed by atoms with Crippen molar-refractivity contribution in [1.82, 2.24) is 0 Å². The second-order valence-corrected chi connectivity index (χ2v) is 10.7. The molecule has 0 aliphatic carbocycles. The molecule has 0 aromatic heterocycles. The fourth-order valence-corrected chi connectivity index (χ4v) is 7.70. The van der Waals surface area contributed by atoms with Gasteiger partial charge >= 0.3 is 0 Å². The number of carbonyl (C=O) groups is 1. The molecule has 9 heteroatoms. The first-order valence-corrected chi connectivity index (χ1v) is 12.1. The van der Waals surface area contributed by atoms with Crippen molar-refractivity contribution in [3.05, 3.63) is 59.1 Å². The molecule has 2 aliphatic heterocycles. The number of rotatable bonds is 4. The van der Waals surface area contributed by atoms with Crippen LogP contribution in [-0.2, 0) is 21.1 Å². The lowest BCUT2D eigenvalue weighted by Crippen LogP contribution is -2.38. The first kappa shape index (κ1) is 20.3. The van der Waals surface area contributed by atoms with Crippen LogP contribution in [0.1, 0.15) is 5.56 Å². The van der Waals surface area contributed by atoms with Gasteiger partial charge in [0.15, 0.2) is 15.0 Å². The van der Waals surface area contributed by atoms with Crippen LogP contribution in [0.15, 0.2) is 53.5 Å². The van der Waals surface area contributed by atoms with E-state index in [0.717, 1.165) is 5.56 Å². The molecular weight excluding hydrogens is 432 g/mol. The van der Waals surface area contributed by atoms with E-state index in [1.165, 1.54) is 18.9 Å². The van der Waals surface area contributed by atoms with Gasteiger partial charge in [0.05, 0.1) is 36.8 Å². The number of benzene rings is 2. The number of anilines is 1. The van der Waals surface area contributed by atoms with Crippen molar-refractivity contribution >= 4 is 50.0 Å². The molecule has 0 spiro atoms. The number of aliphatic imine (C=N–C) groups is 1. The van der Waals surface area contributed by atoms with Crippen LogP contribution in [0.5, 0.6) is 5.75 Å². The summed E-state index contributed by atoms with van der Waals surface area (Å²) in [7, 11) is -1.61. The van der Waals surface area contributed by atoms with Crippen LogP contribution < -0.4 is 9.64 Å². The normalized spacial score (nSPS) is 23.9. The Labute approximate surface area is 178 Å². The highest BCUT2D eigenvalue weighted by Gasteiger charge is 2.50. The van der Waals surface area contributed by atoms with Crippen LogP contribution in [0, 0.1) is 0 Å². The van der Waals surface area contributed by atoms with E-state index in [-0.39, 0.29) is 35.1 Å². The SMILES string of the molecule is COc1ccc(Cl)cc1N1C(=NC(=O)Cc2ccccc2)S[C@@H]2CS(=O)(=O)C[C@@H]21. The van der Waals surface area contributed by atoms with E-state index in [2.05, 4.69) is 4.99 Å². The highest BCUT2D eigenvalue weighted by atomic mass is 35.5. The van der Waals surface area contributed by atoms with Gasteiger partial charge < -0.3 is 9.64 Å². The molecule has 0 radical (unpaired) electrons. The summed E-state index contributed by atoms with van der Waals surface area (Å²) in [6.45, 7) is 0. The number of fused-ring (bicyclic) bond motifs is 1. The Morgan fingerprint density at radius 3 is 2.72 bits per heavy atom. The van der Waals surface area contributed by atoms with Crippen LogP contribution >= 0.6 is 23.4 Å². The van der Waals surface area contributed by atoms with Gasteiger partial charge in [-0.1, -0.05) is 53.7 Å². The predicted octanol–water partition coefficient (Wildman–Crippen LogP) is 3.19. The Bertz CT molecular complexity index is 1070. The summed E-state index contributed by atoms with van der Waals surface area (Å²) in [4.78, 5) is 18.7. The Hall–Kier alpha value is -2.03. The summed E-state index contributed by atoms with van der Waals surface area (Å²) < 4.78 is 29.9. The molecule has 4 rings (SSSR count). The molecule has 29 heavy (non-hydrogen) atoms. The largest absolute Gasteiger partial charge is 0.495 e. The zero-order chi connectivity index (χ0) is 20.6. The Morgan fingerprint density at radius 2 is 2.00 bits per heavy atom. The molecule has 0 saturated carbocycles. The monoisotopic (exact) mass is 450 g/mol. The number of nitrogens with zero attached hydrogens (tertiary/aromatic N) is 2. The number of halogens is 1. The molecule has 6 nitrogen and oxygen atoms in total. The van der Waals surface area contributed by atoms with Gasteiger partial charge in [-0.15, -0.1) is 0 Å². The van der Waals surface area contributed by atoms with E-state index in [1.54, 1.807) is 23.1 Å². The molecule has 2 saturated heterocycles. The van der Waals surface area contributed by atoms with Gasteiger partial charge in [0, 0.05) is 10.3 Å². The standard InChI is InChI=1S/C20H19ClN2O4S2/c1-27-17-8-7-14(21)10-15(17)23-16-11-29(25,26)12-18(16)28-20(23)22-19(24)9-13-5-3-2-4-6-13/h2-8,10,16,18H,9,11-12H2,1H3/t16-,18+/m0/s1. The van der Waals surface area contributed by atoms with E-state index < -0.39 is 9.84 Å². The van der Waals surface area contributed by atoms with E-state index >= 15 is 0 Å². The van der Waals surface area contributed by atoms with Crippen molar-refractivity contribution in [3.63, 3.8) is 0 Å². The minimum atomic E-state index is -3.15. The average Bonchev–Trinajstić information content (AvgIpc) is 3.13. The maximum Gasteiger partial charge on any atom is 0.252 e. The maximum atomic E-state index is 12.6. The zero-order valence-corrected chi connectivity index (χ0v) is 18.0. The van der Waals surface area contributed by atoms with Crippen molar-refractivity contribution in [3.8, 4) is 5.75 Å². The minimum absolute atomic E-state index is 0.00618. The summed E-state index contributed by atoms with van der Waals surface area (Å²) in [5.74, 6) is 0.329. The van der Waals surface area contributed by atoms with Gasteiger partial charge in [0.1, 0.15) is 5.75 Å². The third kappa shape index (κ3) is 4.29. The third-order valence-corrected chi connectivity index (χ3v) is 8.33. The van der Waals surface area contributed by atoms with Crippen molar-refractivity contribution in [2.45, 2.75) is 17.7 Å². The number of hydrogen-bond donors (Lipinski definition) is 0. The lowest BCUT2D eigenvalue weighted by atomic mass is 10.1. The van der Waals surface area contributed by atoms with Crippen LogP contribution in [0.2, 0.25) is 5.02 Å². The fourth-order valence-electron chi connectivity index (χ4n) is 3.61. The van der Waals surface area contributed by atoms with Gasteiger partial charge in [0.2, 0.25) is 0 Å². The van der Waals surface area contributed by atoms with Gasteiger partial charge in [0.25, 0.3) is 5.91 Å². The first-order chi connectivity index (χ1) is 13.9. The summed E-state index contributed by atoms with van der Waals surface area (Å²) in [5, 5.41) is 0.786. The van der Waals surface area contributed by atoms with Gasteiger partial charge in [-0.2, -0.15) is 4.99 Å². The van der Waals surface area contributed by atoms with Crippen molar-refractivity contribution in [2.75, 3.05) is 23.5 Å². The molecule has 2 fully saturated rings. The molecule has 2 aliphatic rings. The molecule has 0 unspecified atom stereocenters. The molecular formula is C20H19ClN2O4S2. The highest BCUT2D eigenvalue weighted by Crippen LogP contribution is 2.44. The van der Waals surface area contributed by atoms with Crippen molar-refractivity contribution in [1.29, 1.82) is 0 Å². The van der Waals surface area contributed by atoms with Crippen LogP contribution in [0.25, 0.3) is 0 Å². The third-order valence-electron chi connectivity index (χ3n) is 4.89. The fraction of sp³-hybridized carbons (Fsp3) is 0.300. The van der Waals surface area contributed by atoms with E-state index in [1.807, 2.05) is 30.3 Å². The summed E-state index contributed by atoms with van der Waals surface area (Å²) in [5.41, 5.74) is 1.49. The minimum Gasteiger partial charge on any atom is -0.495 e. The Morgan fingerprint density at radius 1 is 1.24 bits per heavy atom. The topological polar surface area (TPSA) is 76.0 Å². The molecule has 1 amide bonds. The van der Waals surface area contributed by atoms with E-state index in [9.17, 15) is 13.2 Å². The molecule has 2 aromatic rings. The Kier molecular flexibility index (Phi) is 5.59. The van der Waals surface area contributed by atoms with Crippen LogP contribution in [0.3, 0.4) is 0 Å². The van der Waals surface area contributed by atoms with Gasteiger partial charge in [-0.25, -0.2) is 8.42 Å². The highest BCUT2D eigenvalue weighted by molar-refractivity contribution is 8.16. The number of thioether (sulfide) groups is 1. The Balaban J connectivity index is 1.71. The number of amidine groups is 1. The summed E-state index contributed by atoms with van der Waals surface area (Å²) in [6.07, 6.45) is 0.180. The average molecular weight is 451 g/mol. The molecule has 0 N–H and O–H groups in total. The number of amides is 1. The van der Waals surface area contributed by atoms with Gasteiger partial charge in [-0.3, -0.25) is 4.79 Å². The molecule has 2 aromatic carbocycles. The summed E-state index contributed by atoms with van der Waals surface area (Å²) >= 11 is 7.53. The smallest absolute Gasteiger partial charge is 0.252 e. The van der Waals surface area contributed by atoms with Crippen molar-refractivity contribution in [2.24, 2.45) is 4.99 Å². The quantitative estimate of drug-likeness (QED) is 0.712. The number of carbonyl (C=O) groups excluding carboxylic acids is 1. The summed E-state index contributed by atoms with van der Waals surface area (Å²) in [6, 6.07) is 14.2. The van der Waals surface area contributed by atoms with Gasteiger partial charge in [-0.05, 0) is 23.8 Å². The predicted molar refractivity (Wildman–Crippen MR) is 117 cm³/mol. The van der Waals surface area contributed by atoms with Crippen LogP contribution in [-0.4, -0.2) is 49.4 Å². The number of sulfone groups is 1. The number of ether oxygens (including phenoxy) is 1. The lowest BCUT2D eigenvalue weighted by Gasteiger charge is -2.26. The zero-order valence-electron chi connectivity index (χ0n) is 15.6. The van der Waals surface area contributed by atoms with E-state index in [0.29, 0.717) is 21.6 Å². The molecule has 2 heterocycles.